The number of ether oxygens (including phenoxy) is 1. The summed E-state index contributed by atoms with van der Waals surface area (Å²) in [6, 6.07) is 12.5. The van der Waals surface area contributed by atoms with Crippen molar-refractivity contribution in [3.8, 4) is 11.8 Å². The second kappa shape index (κ2) is 8.61. The molecule has 2 N–H and O–H groups in total. The van der Waals surface area contributed by atoms with E-state index in [1.165, 1.54) is 0 Å². The van der Waals surface area contributed by atoms with Gasteiger partial charge in [0.1, 0.15) is 11.3 Å². The highest BCUT2D eigenvalue weighted by atomic mass is 16.5. The highest BCUT2D eigenvalue weighted by Gasteiger charge is 2.30. The minimum atomic E-state index is -0.947. The number of nitrogens with one attached hydrogen (secondary N) is 2. The van der Waals surface area contributed by atoms with Gasteiger partial charge in [0.2, 0.25) is 0 Å². The summed E-state index contributed by atoms with van der Waals surface area (Å²) in [6.45, 7) is 9.02. The first-order valence-electron chi connectivity index (χ1n) is 9.07. The monoisotopic (exact) mass is 382 g/mol. The molecular formula is C21H26N4O3. The number of amides is 2. The molecule has 0 aliphatic heterocycles. The Morgan fingerprint density at radius 1 is 1.14 bits per heavy atom. The van der Waals surface area contributed by atoms with E-state index in [-0.39, 0.29) is 24.3 Å². The van der Waals surface area contributed by atoms with Crippen LogP contribution in [0.3, 0.4) is 0 Å². The fourth-order valence-electron chi connectivity index (χ4n) is 2.49. The predicted molar refractivity (Wildman–Crippen MR) is 107 cm³/mol. The molecule has 1 heterocycles. The van der Waals surface area contributed by atoms with Gasteiger partial charge in [0.15, 0.2) is 6.61 Å². The molecule has 0 spiro atoms. The number of aromatic nitrogens is 1. The lowest BCUT2D eigenvalue weighted by molar-refractivity contribution is -0.124. The average Bonchev–Trinajstić information content (AvgIpc) is 2.98. The smallest absolute Gasteiger partial charge is 0.270 e. The summed E-state index contributed by atoms with van der Waals surface area (Å²) in [5, 5.41) is 11.9. The van der Waals surface area contributed by atoms with E-state index in [0.717, 1.165) is 11.4 Å². The number of nitrogens with zero attached hydrogens (tertiary/aromatic N) is 2. The summed E-state index contributed by atoms with van der Waals surface area (Å²) >= 11 is 0. The van der Waals surface area contributed by atoms with Crippen molar-refractivity contribution in [2.75, 3.05) is 12.0 Å². The third-order valence-electron chi connectivity index (χ3n) is 4.76. The van der Waals surface area contributed by atoms with Gasteiger partial charge in [-0.05, 0) is 63.1 Å². The zero-order chi connectivity index (χ0) is 20.9. The van der Waals surface area contributed by atoms with Crippen LogP contribution in [-0.4, -0.2) is 28.6 Å². The summed E-state index contributed by atoms with van der Waals surface area (Å²) in [6.07, 6.45) is 0. The first-order valence-corrected chi connectivity index (χ1v) is 9.07. The summed E-state index contributed by atoms with van der Waals surface area (Å²) in [4.78, 5) is 24.4. The largest absolute Gasteiger partial charge is 0.484 e. The number of carbonyl (C=O) groups is 2. The van der Waals surface area contributed by atoms with E-state index < -0.39 is 5.54 Å². The van der Waals surface area contributed by atoms with E-state index in [0.29, 0.717) is 11.3 Å². The van der Waals surface area contributed by atoms with Gasteiger partial charge < -0.3 is 10.1 Å². The number of carbonyl (C=O) groups excluding carboxylic acids is 2. The van der Waals surface area contributed by atoms with E-state index >= 15 is 0 Å². The Hall–Kier alpha value is -3.27. The maximum Gasteiger partial charge on any atom is 0.270 e. The van der Waals surface area contributed by atoms with Gasteiger partial charge in [0.05, 0.1) is 6.07 Å². The lowest BCUT2D eigenvalue weighted by Crippen LogP contribution is -2.50. The number of rotatable bonds is 7. The Morgan fingerprint density at radius 2 is 1.71 bits per heavy atom. The van der Waals surface area contributed by atoms with Crippen LogP contribution < -0.4 is 15.5 Å². The van der Waals surface area contributed by atoms with Crippen molar-refractivity contribution in [1.29, 1.82) is 5.26 Å². The summed E-state index contributed by atoms with van der Waals surface area (Å²) in [7, 11) is 0. The molecule has 1 aromatic carbocycles. The minimum Gasteiger partial charge on any atom is -0.484 e. The normalized spacial score (nSPS) is 12.8. The molecule has 0 fully saturated rings. The standard InChI is InChI=1S/C21H26N4O3/c1-14(2)21(5,13-22)23-19(26)12-28-18-10-8-17(9-11-18)20(27)24-25-15(3)6-7-16(25)4/h6-11,14H,12H2,1-5H3,(H,23,26)(H,24,27)/t21-/m1/s1. The van der Waals surface area contributed by atoms with Gasteiger partial charge in [-0.25, -0.2) is 0 Å². The quantitative estimate of drug-likeness (QED) is 0.769. The Labute approximate surface area is 165 Å². The minimum absolute atomic E-state index is 0.0354. The number of aryl methyl sites for hydroxylation is 2. The maximum absolute atomic E-state index is 12.4. The maximum atomic E-state index is 12.4. The molecule has 1 atom stereocenters. The van der Waals surface area contributed by atoms with E-state index in [2.05, 4.69) is 16.8 Å². The number of nitriles is 1. The number of hydrogen-bond acceptors (Lipinski definition) is 4. The van der Waals surface area contributed by atoms with Crippen molar-refractivity contribution in [3.05, 3.63) is 53.3 Å². The van der Waals surface area contributed by atoms with Crippen molar-refractivity contribution < 1.29 is 14.3 Å². The molecule has 148 valence electrons. The van der Waals surface area contributed by atoms with Crippen LogP contribution in [0.25, 0.3) is 0 Å². The number of hydrogen-bond donors (Lipinski definition) is 2. The molecule has 28 heavy (non-hydrogen) atoms. The molecule has 0 aliphatic rings. The molecule has 0 saturated heterocycles. The van der Waals surface area contributed by atoms with Gasteiger partial charge >= 0.3 is 0 Å². The SMILES string of the molecule is Cc1ccc(C)n1NC(=O)c1ccc(OCC(=O)N[C@](C)(C#N)C(C)C)cc1. The summed E-state index contributed by atoms with van der Waals surface area (Å²) in [5.41, 5.74) is 4.22. The Balaban J connectivity index is 1.93. The Kier molecular flexibility index (Phi) is 6.47. The fourth-order valence-corrected chi connectivity index (χ4v) is 2.49. The number of benzene rings is 1. The molecular weight excluding hydrogens is 356 g/mol. The van der Waals surface area contributed by atoms with E-state index in [9.17, 15) is 14.9 Å². The van der Waals surface area contributed by atoms with Crippen molar-refractivity contribution >= 4 is 11.8 Å². The Bertz CT molecular complexity index is 874. The van der Waals surface area contributed by atoms with Crippen LogP contribution in [0.4, 0.5) is 0 Å². The lowest BCUT2D eigenvalue weighted by atomic mass is 9.90. The van der Waals surface area contributed by atoms with Crippen LogP contribution in [0.15, 0.2) is 36.4 Å². The first-order chi connectivity index (χ1) is 13.2. The topological polar surface area (TPSA) is 96.2 Å². The summed E-state index contributed by atoms with van der Waals surface area (Å²) < 4.78 is 7.18. The van der Waals surface area contributed by atoms with Crippen molar-refractivity contribution in [1.82, 2.24) is 9.99 Å². The van der Waals surface area contributed by atoms with Gasteiger partial charge in [0.25, 0.3) is 11.8 Å². The predicted octanol–water partition coefficient (Wildman–Crippen LogP) is 2.92. The zero-order valence-corrected chi connectivity index (χ0v) is 16.9. The van der Waals surface area contributed by atoms with Crippen LogP contribution in [0.1, 0.15) is 42.5 Å². The van der Waals surface area contributed by atoms with Gasteiger partial charge in [0, 0.05) is 17.0 Å². The molecule has 2 amide bonds. The fraction of sp³-hybridized carbons (Fsp3) is 0.381. The average molecular weight is 382 g/mol. The summed E-state index contributed by atoms with van der Waals surface area (Å²) in [5.74, 6) is -0.193. The molecule has 0 bridgehead atoms. The molecule has 0 aliphatic carbocycles. The highest BCUT2D eigenvalue weighted by molar-refractivity contribution is 6.00. The molecule has 0 radical (unpaired) electrons. The second-order valence-corrected chi connectivity index (χ2v) is 7.22. The highest BCUT2D eigenvalue weighted by Crippen LogP contribution is 2.16. The van der Waals surface area contributed by atoms with Crippen LogP contribution in [0.5, 0.6) is 5.75 Å². The van der Waals surface area contributed by atoms with Crippen molar-refractivity contribution in [2.45, 2.75) is 40.2 Å². The molecule has 2 aromatic rings. The third-order valence-corrected chi connectivity index (χ3v) is 4.76. The molecule has 0 unspecified atom stereocenters. The molecule has 2 rings (SSSR count). The first kappa shape index (κ1) is 21.0. The van der Waals surface area contributed by atoms with Crippen molar-refractivity contribution in [3.63, 3.8) is 0 Å². The van der Waals surface area contributed by atoms with Gasteiger partial charge in [-0.3, -0.25) is 19.7 Å². The van der Waals surface area contributed by atoms with Gasteiger partial charge in [-0.2, -0.15) is 5.26 Å². The molecule has 7 nitrogen and oxygen atoms in total. The lowest BCUT2D eigenvalue weighted by Gasteiger charge is -2.27. The van der Waals surface area contributed by atoms with Crippen LogP contribution in [0, 0.1) is 31.1 Å². The third kappa shape index (κ3) is 4.92. The molecule has 7 heteroatoms. The van der Waals surface area contributed by atoms with Gasteiger partial charge in [-0.1, -0.05) is 13.8 Å². The van der Waals surface area contributed by atoms with Crippen LogP contribution in [0.2, 0.25) is 0 Å². The van der Waals surface area contributed by atoms with Crippen LogP contribution in [-0.2, 0) is 4.79 Å². The molecule has 1 aromatic heterocycles. The van der Waals surface area contributed by atoms with E-state index in [1.54, 1.807) is 35.9 Å². The van der Waals surface area contributed by atoms with E-state index in [1.807, 2.05) is 39.8 Å². The second-order valence-electron chi connectivity index (χ2n) is 7.22. The van der Waals surface area contributed by atoms with Crippen molar-refractivity contribution in [2.24, 2.45) is 5.92 Å². The van der Waals surface area contributed by atoms with Crippen LogP contribution >= 0.6 is 0 Å². The zero-order valence-electron chi connectivity index (χ0n) is 16.9. The molecule has 0 saturated carbocycles. The van der Waals surface area contributed by atoms with E-state index in [4.69, 9.17) is 4.74 Å². The van der Waals surface area contributed by atoms with Gasteiger partial charge in [-0.15, -0.1) is 0 Å². The Morgan fingerprint density at radius 3 is 2.21 bits per heavy atom.